The van der Waals surface area contributed by atoms with Crippen molar-refractivity contribution in [2.24, 2.45) is 0 Å². The minimum atomic E-state index is -0.352. The van der Waals surface area contributed by atoms with Gasteiger partial charge in [-0.2, -0.15) is 5.69 Å². The van der Waals surface area contributed by atoms with Crippen molar-refractivity contribution in [2.45, 2.75) is 6.10 Å². The number of hydrogen-bond acceptors (Lipinski definition) is 3. The molecule has 1 aromatic carbocycles. The number of hydrogen-bond donors (Lipinski definition) is 0. The maximum atomic E-state index is 11.6. The second kappa shape index (κ2) is 9.23. The summed E-state index contributed by atoms with van der Waals surface area (Å²) in [5.41, 5.74) is 0.747. The van der Waals surface area contributed by atoms with Crippen LogP contribution in [-0.4, -0.2) is 25.3 Å². The molecule has 1 amide bonds. The van der Waals surface area contributed by atoms with Gasteiger partial charge in [-0.1, -0.05) is 0 Å². The zero-order valence-corrected chi connectivity index (χ0v) is 18.1. The van der Waals surface area contributed by atoms with E-state index in [1.165, 1.54) is 0 Å². The Kier molecular flexibility index (Phi) is 9.87. The molecule has 0 spiro atoms. The van der Waals surface area contributed by atoms with E-state index in [9.17, 15) is 4.79 Å². The third kappa shape index (κ3) is 4.98. The summed E-state index contributed by atoms with van der Waals surface area (Å²) >= 11 is 2.11. The smallest absolute Gasteiger partial charge is 0.393 e. The van der Waals surface area contributed by atoms with Crippen molar-refractivity contribution in [2.75, 3.05) is 18.1 Å². The van der Waals surface area contributed by atoms with Crippen molar-refractivity contribution >= 4 is 43.8 Å². The molecular weight excluding hydrogens is 629 g/mol. The zero-order chi connectivity index (χ0) is 11.5. The van der Waals surface area contributed by atoms with Crippen molar-refractivity contribution in [3.05, 3.63) is 27.8 Å². The molecule has 2 rings (SSSR count). The molecule has 1 unspecified atom stereocenters. The fourth-order valence-electron chi connectivity index (χ4n) is 1.44. The van der Waals surface area contributed by atoms with E-state index in [4.69, 9.17) is 9.26 Å². The monoisotopic (exact) mass is 638 g/mol. The summed E-state index contributed by atoms with van der Waals surface area (Å²) in [7, 11) is 2.14. The number of ether oxygens (including phenoxy) is 1. The predicted molar refractivity (Wildman–Crippen MR) is 70.1 cm³/mol. The normalized spacial score (nSPS) is 17.8. The number of carbonyl (C=O) groups excluding carboxylic acids is 1. The van der Waals surface area contributed by atoms with Gasteiger partial charge in [-0.15, -0.1) is 22.6 Å². The maximum Gasteiger partial charge on any atom is 0.393 e. The molecule has 8 heteroatoms. The summed E-state index contributed by atoms with van der Waals surface area (Å²) in [6.45, 7) is 0.875. The van der Waals surface area contributed by atoms with Gasteiger partial charge in [0.2, 0.25) is 0 Å². The van der Waals surface area contributed by atoms with Crippen molar-refractivity contribution in [1.82, 2.24) is 0 Å². The van der Waals surface area contributed by atoms with E-state index in [1.807, 2.05) is 0 Å². The molecule has 1 heterocycles. The molecule has 1 fully saturated rings. The molecule has 2 atom stereocenters. The van der Waals surface area contributed by atoms with Crippen LogP contribution in [0.5, 0.6) is 0 Å². The summed E-state index contributed by atoms with van der Waals surface area (Å²) in [6, 6.07) is 9.49. The van der Waals surface area contributed by atoms with Crippen LogP contribution >= 0.6 is 32.1 Å². The van der Waals surface area contributed by atoms with Crippen molar-refractivity contribution < 1.29 is 63.7 Å². The van der Waals surface area contributed by atoms with Crippen LogP contribution in [-0.2, 0) is 27.8 Å². The maximum absolute atomic E-state index is 11.6. The largest absolute Gasteiger partial charge is 0.443 e. The Hall–Kier alpha value is 1.25. The molecular formula is C10H9INO3PUV-2. The minimum Gasteiger partial charge on any atom is -0.443 e. The summed E-state index contributed by atoms with van der Waals surface area (Å²) < 4.78 is 10.9. The number of amides is 1. The van der Waals surface area contributed by atoms with Crippen LogP contribution in [0.4, 0.5) is 10.5 Å². The zero-order valence-electron chi connectivity index (χ0n) is 9.22. The van der Waals surface area contributed by atoms with Crippen LogP contribution < -0.4 is 4.90 Å². The van der Waals surface area contributed by atoms with Gasteiger partial charge in [0.05, 0.1) is 6.61 Å². The van der Waals surface area contributed by atoms with Gasteiger partial charge in [-0.05, 0) is 0 Å². The van der Waals surface area contributed by atoms with E-state index in [1.54, 1.807) is 17.0 Å². The molecule has 1 aliphatic heterocycles. The Labute approximate surface area is 158 Å². The molecule has 0 aromatic heterocycles. The average molecular weight is 638 g/mol. The summed E-state index contributed by atoms with van der Waals surface area (Å²) in [5.74, 6) is 0. The van der Waals surface area contributed by atoms with Gasteiger partial charge in [-0.3, -0.25) is 12.1 Å². The molecule has 0 saturated carbocycles. The van der Waals surface area contributed by atoms with Crippen LogP contribution in [0.25, 0.3) is 0 Å². The molecule has 4 nitrogen and oxygen atoms in total. The first-order valence-electron chi connectivity index (χ1n) is 4.59. The van der Waals surface area contributed by atoms with Gasteiger partial charge in [0.15, 0.2) is 0 Å². The van der Waals surface area contributed by atoms with E-state index in [-0.39, 0.29) is 61.9 Å². The number of anilines is 1. The number of carbonyl (C=O) groups is 1. The molecule has 18 heavy (non-hydrogen) atoms. The second-order valence-electron chi connectivity index (χ2n) is 3.27. The van der Waals surface area contributed by atoms with Crippen LogP contribution in [0.1, 0.15) is 0 Å². The Balaban J connectivity index is 0.00000144. The second-order valence-corrected chi connectivity index (χ2v) is 4.68. The van der Waals surface area contributed by atoms with Crippen molar-refractivity contribution in [3.63, 3.8) is 0 Å². The van der Waals surface area contributed by atoms with E-state index in [0.717, 1.165) is 9.26 Å². The van der Waals surface area contributed by atoms with Crippen molar-refractivity contribution in [3.8, 4) is 0 Å². The van der Waals surface area contributed by atoms with Gasteiger partial charge in [-0.25, -0.2) is 8.36 Å². The Morgan fingerprint density at radius 2 is 2.17 bits per heavy atom. The number of nitrogens with zero attached hydrogens (tertiary/aromatic N) is 1. The summed E-state index contributed by atoms with van der Waals surface area (Å²) in [6.07, 6.45) is -0.570. The van der Waals surface area contributed by atoms with Crippen LogP contribution in [0.15, 0.2) is 12.1 Å². The van der Waals surface area contributed by atoms with E-state index in [0.29, 0.717) is 13.2 Å². The SMILES string of the molecule is O=C1O[C@@H](COP)CN1c1c[c-]c(I)[c-]c1.[U].[V]. The molecule has 1 aromatic rings. The first-order valence-corrected chi connectivity index (χ1v) is 6.14. The number of cyclic esters (lactones) is 1. The van der Waals surface area contributed by atoms with Crippen LogP contribution in [0.3, 0.4) is 0 Å². The van der Waals surface area contributed by atoms with Crippen LogP contribution in [0, 0.1) is 46.8 Å². The molecule has 1 aliphatic rings. The van der Waals surface area contributed by atoms with Gasteiger partial charge in [0, 0.05) is 65.7 Å². The number of rotatable bonds is 3. The summed E-state index contributed by atoms with van der Waals surface area (Å²) in [5, 5.41) is 0. The Morgan fingerprint density at radius 1 is 1.56 bits per heavy atom. The minimum absolute atomic E-state index is 0. The molecule has 1 saturated heterocycles. The van der Waals surface area contributed by atoms with Gasteiger partial charge in [0.1, 0.15) is 6.10 Å². The molecule has 0 N–H and O–H groups in total. The average Bonchev–Trinajstić information content (AvgIpc) is 2.61. The molecule has 0 bridgehead atoms. The third-order valence-electron chi connectivity index (χ3n) is 2.16. The standard InChI is InChI=1S/C10H9INO3P.U.V/c11-7-1-3-8(4-2-7)12-5-9(6-14-16)15-10(12)13;;/h3-4,9H,5-6,16H2;;/q-2;;/t9-;;/m1../s1. The third-order valence-corrected chi connectivity index (χ3v) is 2.98. The van der Waals surface area contributed by atoms with Crippen LogP contribution in [0.2, 0.25) is 0 Å². The van der Waals surface area contributed by atoms with Gasteiger partial charge in [0.25, 0.3) is 0 Å². The first kappa shape index (κ1) is 19.2. The molecule has 0 aliphatic carbocycles. The number of halogens is 1. The topological polar surface area (TPSA) is 38.8 Å². The van der Waals surface area contributed by atoms with E-state index < -0.39 is 0 Å². The fraction of sp³-hybridized carbons (Fsp3) is 0.300. The van der Waals surface area contributed by atoms with E-state index >= 15 is 0 Å². The van der Waals surface area contributed by atoms with Gasteiger partial charge >= 0.3 is 6.09 Å². The Bertz CT molecular complexity index is 395. The summed E-state index contributed by atoms with van der Waals surface area (Å²) in [4.78, 5) is 13.1. The van der Waals surface area contributed by atoms with Crippen molar-refractivity contribution in [1.29, 1.82) is 0 Å². The van der Waals surface area contributed by atoms with E-state index in [2.05, 4.69) is 44.2 Å². The van der Waals surface area contributed by atoms with Gasteiger partial charge < -0.3 is 26.3 Å². The molecule has 95 valence electrons. The Morgan fingerprint density at radius 3 is 2.72 bits per heavy atom. The first-order chi connectivity index (χ1) is 7.70. The molecule has 1 radical (unpaired) electrons. The fourth-order valence-corrected chi connectivity index (χ4v) is 1.97. The predicted octanol–water partition coefficient (Wildman–Crippen LogP) is 2.02. The quantitative estimate of drug-likeness (QED) is 0.290. The number of benzene rings is 1.